The Kier molecular flexibility index (Phi) is 4.82. The molecule has 5 rings (SSSR count). The molecule has 4 heterocycles. The number of hydrogen-bond acceptors (Lipinski definition) is 6. The van der Waals surface area contributed by atoms with Crippen LogP contribution in [0.25, 0.3) is 0 Å². The van der Waals surface area contributed by atoms with Gasteiger partial charge in [-0.05, 0) is 63.0 Å². The van der Waals surface area contributed by atoms with Crippen LogP contribution in [0.5, 0.6) is 16.7 Å². The second-order valence-electron chi connectivity index (χ2n) is 6.93. The summed E-state index contributed by atoms with van der Waals surface area (Å²) in [5.41, 5.74) is 0.650. The number of piperidine rings is 3. The quantitative estimate of drug-likeness (QED) is 0.872. The molecular weight excluding hydrogens is 350 g/mol. The van der Waals surface area contributed by atoms with E-state index in [9.17, 15) is 4.79 Å². The number of ether oxygens (including phenoxy) is 2. The monoisotopic (exact) mass is 373 g/mol. The zero-order chi connectivity index (χ0) is 18.1. The van der Waals surface area contributed by atoms with Gasteiger partial charge in [-0.2, -0.15) is 4.37 Å². The molecule has 3 aliphatic heterocycles. The van der Waals surface area contributed by atoms with Gasteiger partial charge >= 0.3 is 0 Å². The van der Waals surface area contributed by atoms with Crippen LogP contribution in [-0.2, 0) is 0 Å². The third kappa shape index (κ3) is 3.41. The van der Waals surface area contributed by atoms with E-state index in [0.29, 0.717) is 34.2 Å². The lowest BCUT2D eigenvalue weighted by Gasteiger charge is -2.49. The highest BCUT2D eigenvalue weighted by molar-refractivity contribution is 7.07. The van der Waals surface area contributed by atoms with Crippen molar-refractivity contribution in [1.29, 1.82) is 0 Å². The Morgan fingerprint density at radius 1 is 1.27 bits per heavy atom. The summed E-state index contributed by atoms with van der Waals surface area (Å²) in [5, 5.41) is 3.94. The van der Waals surface area contributed by atoms with E-state index >= 15 is 0 Å². The Labute approximate surface area is 157 Å². The SMILES string of the molecule is COc1cc(Oc2ccc(C(=O)N[C@@H]3C4CCN(CC4)[C@H]3C)cc2)ns1. The van der Waals surface area contributed by atoms with Gasteiger partial charge in [-0.1, -0.05) is 0 Å². The molecule has 0 spiro atoms. The van der Waals surface area contributed by atoms with Crippen LogP contribution < -0.4 is 14.8 Å². The molecule has 6 nitrogen and oxygen atoms in total. The van der Waals surface area contributed by atoms with Crippen molar-refractivity contribution in [3.63, 3.8) is 0 Å². The maximum Gasteiger partial charge on any atom is 0.251 e. The van der Waals surface area contributed by atoms with Gasteiger partial charge in [-0.25, -0.2) is 0 Å². The van der Waals surface area contributed by atoms with Crippen LogP contribution in [0, 0.1) is 5.92 Å². The highest BCUT2D eigenvalue weighted by Gasteiger charge is 2.40. The number of nitrogens with one attached hydrogen (secondary N) is 1. The lowest BCUT2D eigenvalue weighted by Crippen LogP contribution is -2.62. The Balaban J connectivity index is 1.39. The minimum atomic E-state index is -0.0162. The molecule has 26 heavy (non-hydrogen) atoms. The highest BCUT2D eigenvalue weighted by atomic mass is 32.1. The van der Waals surface area contributed by atoms with Crippen molar-refractivity contribution >= 4 is 17.4 Å². The molecule has 2 bridgehead atoms. The summed E-state index contributed by atoms with van der Waals surface area (Å²) in [7, 11) is 1.60. The molecular formula is C19H23N3O3S. The van der Waals surface area contributed by atoms with Crippen LogP contribution in [0.15, 0.2) is 30.3 Å². The number of rotatable bonds is 5. The summed E-state index contributed by atoms with van der Waals surface area (Å²) in [4.78, 5) is 15.1. The Morgan fingerprint density at radius 2 is 2.00 bits per heavy atom. The van der Waals surface area contributed by atoms with Crippen LogP contribution in [0.4, 0.5) is 0 Å². The highest BCUT2D eigenvalue weighted by Crippen LogP contribution is 2.32. The number of hydrogen-bond donors (Lipinski definition) is 1. The van der Waals surface area contributed by atoms with Gasteiger partial charge in [-0.3, -0.25) is 9.69 Å². The van der Waals surface area contributed by atoms with Gasteiger partial charge in [0.2, 0.25) is 5.88 Å². The van der Waals surface area contributed by atoms with Crippen molar-refractivity contribution in [1.82, 2.24) is 14.6 Å². The van der Waals surface area contributed by atoms with Crippen molar-refractivity contribution < 1.29 is 14.3 Å². The number of aromatic nitrogens is 1. The first-order chi connectivity index (χ1) is 12.6. The van der Waals surface area contributed by atoms with Gasteiger partial charge in [-0.15, -0.1) is 0 Å². The van der Waals surface area contributed by atoms with Gasteiger partial charge in [0.15, 0.2) is 5.06 Å². The van der Waals surface area contributed by atoms with Gasteiger partial charge < -0.3 is 14.8 Å². The minimum absolute atomic E-state index is 0.0162. The van der Waals surface area contributed by atoms with Crippen molar-refractivity contribution in [3.8, 4) is 16.7 Å². The normalized spacial score (nSPS) is 27.2. The van der Waals surface area contributed by atoms with Gasteiger partial charge in [0.1, 0.15) is 5.75 Å². The molecule has 0 saturated carbocycles. The summed E-state index contributed by atoms with van der Waals surface area (Å²) in [6, 6.07) is 9.55. The van der Waals surface area contributed by atoms with E-state index in [1.807, 2.05) is 0 Å². The molecule has 2 atom stereocenters. The van der Waals surface area contributed by atoms with Crippen LogP contribution in [0.3, 0.4) is 0 Å². The summed E-state index contributed by atoms with van der Waals surface area (Å²) in [6.07, 6.45) is 2.36. The van der Waals surface area contributed by atoms with Crippen LogP contribution in [0.2, 0.25) is 0 Å². The molecule has 1 aromatic carbocycles. The second-order valence-corrected chi connectivity index (χ2v) is 7.70. The molecule has 3 aliphatic rings. The summed E-state index contributed by atoms with van der Waals surface area (Å²) in [5.74, 6) is 1.72. The third-order valence-corrected chi connectivity index (χ3v) is 6.22. The molecule has 3 saturated heterocycles. The van der Waals surface area contributed by atoms with E-state index in [-0.39, 0.29) is 11.9 Å². The summed E-state index contributed by atoms with van der Waals surface area (Å²) >= 11 is 1.24. The average molecular weight is 373 g/mol. The number of nitrogens with zero attached hydrogens (tertiary/aromatic N) is 2. The number of carbonyl (C=O) groups is 1. The molecule has 0 unspecified atom stereocenters. The fourth-order valence-electron chi connectivity index (χ4n) is 3.96. The number of methoxy groups -OCH3 is 1. The lowest BCUT2D eigenvalue weighted by molar-refractivity contribution is 0.0217. The molecule has 0 radical (unpaired) electrons. The van der Waals surface area contributed by atoms with Crippen molar-refractivity contribution in [2.75, 3.05) is 20.2 Å². The average Bonchev–Trinajstić information content (AvgIpc) is 3.13. The van der Waals surface area contributed by atoms with Crippen molar-refractivity contribution in [2.24, 2.45) is 5.92 Å². The first-order valence-corrected chi connectivity index (χ1v) is 9.75. The minimum Gasteiger partial charge on any atom is -0.486 e. The molecule has 7 heteroatoms. The number of amides is 1. The van der Waals surface area contributed by atoms with Crippen LogP contribution >= 0.6 is 11.5 Å². The predicted octanol–water partition coefficient (Wildman–Crippen LogP) is 3.16. The molecule has 3 fully saturated rings. The van der Waals surface area contributed by atoms with E-state index in [1.165, 1.54) is 24.4 Å². The number of benzene rings is 1. The Morgan fingerprint density at radius 3 is 2.62 bits per heavy atom. The molecule has 0 aliphatic carbocycles. The van der Waals surface area contributed by atoms with Crippen LogP contribution in [0.1, 0.15) is 30.1 Å². The molecule has 2 aromatic rings. The van der Waals surface area contributed by atoms with Crippen molar-refractivity contribution in [3.05, 3.63) is 35.9 Å². The smallest absolute Gasteiger partial charge is 0.251 e. The first kappa shape index (κ1) is 17.3. The standard InChI is InChI=1S/C19H23N3O3S/c1-12-18(13-7-9-22(12)10-8-13)20-19(23)14-3-5-15(6-4-14)25-16-11-17(24-2)26-21-16/h3-6,11-13,18H,7-10H2,1-2H3,(H,20,23)/t12-,18-/m0/s1. The zero-order valence-electron chi connectivity index (χ0n) is 15.0. The topological polar surface area (TPSA) is 63.7 Å². The maximum absolute atomic E-state index is 12.6. The lowest BCUT2D eigenvalue weighted by atomic mass is 9.79. The first-order valence-electron chi connectivity index (χ1n) is 8.97. The number of carbonyl (C=O) groups excluding carboxylic acids is 1. The van der Waals surface area contributed by atoms with Gasteiger partial charge in [0.05, 0.1) is 13.2 Å². The van der Waals surface area contributed by atoms with E-state index in [4.69, 9.17) is 9.47 Å². The summed E-state index contributed by atoms with van der Waals surface area (Å²) in [6.45, 7) is 4.53. The summed E-state index contributed by atoms with van der Waals surface area (Å²) < 4.78 is 14.9. The largest absolute Gasteiger partial charge is 0.486 e. The second kappa shape index (κ2) is 7.25. The zero-order valence-corrected chi connectivity index (χ0v) is 15.8. The van der Waals surface area contributed by atoms with E-state index < -0.39 is 0 Å². The van der Waals surface area contributed by atoms with Gasteiger partial charge in [0.25, 0.3) is 5.91 Å². The fraction of sp³-hybridized carbons (Fsp3) is 0.474. The van der Waals surface area contributed by atoms with Gasteiger partial charge in [0, 0.05) is 29.2 Å². The van der Waals surface area contributed by atoms with Crippen molar-refractivity contribution in [2.45, 2.75) is 31.8 Å². The molecule has 1 aromatic heterocycles. The predicted molar refractivity (Wildman–Crippen MR) is 100 cm³/mol. The fourth-order valence-corrected chi connectivity index (χ4v) is 4.46. The van der Waals surface area contributed by atoms with E-state index in [2.05, 4.69) is 21.5 Å². The molecule has 1 N–H and O–H groups in total. The Bertz CT molecular complexity index is 767. The Hall–Kier alpha value is -2.12. The molecule has 1 amide bonds. The number of fused-ring (bicyclic) bond motifs is 3. The maximum atomic E-state index is 12.6. The third-order valence-electron chi connectivity index (χ3n) is 5.48. The van der Waals surface area contributed by atoms with Crippen LogP contribution in [-0.4, -0.2) is 47.5 Å². The van der Waals surface area contributed by atoms with E-state index in [1.54, 1.807) is 37.4 Å². The molecule has 138 valence electrons. The van der Waals surface area contributed by atoms with E-state index in [0.717, 1.165) is 13.1 Å².